The Morgan fingerprint density at radius 3 is 2.35 bits per heavy atom. The Balaban J connectivity index is 1.22. The second-order valence-electron chi connectivity index (χ2n) is 11.6. The molecule has 1 atom stereocenters. The summed E-state index contributed by atoms with van der Waals surface area (Å²) in [6.07, 6.45) is 11.5. The maximum atomic E-state index is 13.6. The van der Waals surface area contributed by atoms with Crippen molar-refractivity contribution in [2.24, 2.45) is 0 Å². The van der Waals surface area contributed by atoms with Gasteiger partial charge < -0.3 is 19.1 Å². The molecule has 3 heterocycles. The molecule has 43 heavy (non-hydrogen) atoms. The van der Waals surface area contributed by atoms with Crippen LogP contribution in [-0.4, -0.2) is 74.8 Å². The van der Waals surface area contributed by atoms with Crippen LogP contribution in [0.5, 0.6) is 11.5 Å². The molecule has 10 heteroatoms. The highest BCUT2D eigenvalue weighted by Gasteiger charge is 2.31. The standard InChI is InChI=1S/C33H42N4O5S/c1-40-31-16-13-29(23-32(31)42-33-10-6-22-41-33)37(25-26-7-5-17-34-24-26)28-11-14-30(15-12-28)43(38,39)36-20-18-35(19-21-36)27-8-3-2-4-9-27/h5,7,11-17,23-24,27,33H,2-4,6,8-10,18-22,25H2,1H3. The Bertz CT molecular complexity index is 1430. The molecular weight excluding hydrogens is 564 g/mol. The summed E-state index contributed by atoms with van der Waals surface area (Å²) >= 11 is 0. The van der Waals surface area contributed by atoms with E-state index < -0.39 is 10.0 Å². The van der Waals surface area contributed by atoms with Gasteiger partial charge in [0.05, 0.1) is 18.6 Å². The highest BCUT2D eigenvalue weighted by Crippen LogP contribution is 2.37. The number of ether oxygens (including phenoxy) is 3. The minimum absolute atomic E-state index is 0.301. The lowest BCUT2D eigenvalue weighted by Crippen LogP contribution is -2.52. The van der Waals surface area contributed by atoms with E-state index >= 15 is 0 Å². The van der Waals surface area contributed by atoms with Gasteiger partial charge in [-0.1, -0.05) is 25.3 Å². The molecule has 0 radical (unpaired) electrons. The molecule has 1 aliphatic carbocycles. The molecule has 0 bridgehead atoms. The van der Waals surface area contributed by atoms with Gasteiger partial charge in [0.25, 0.3) is 0 Å². The van der Waals surface area contributed by atoms with E-state index in [1.54, 1.807) is 29.7 Å². The van der Waals surface area contributed by atoms with Gasteiger partial charge in [0.1, 0.15) is 0 Å². The number of benzene rings is 2. The van der Waals surface area contributed by atoms with Crippen molar-refractivity contribution in [1.29, 1.82) is 0 Å². The SMILES string of the molecule is COc1ccc(N(Cc2cccnc2)c2ccc(S(=O)(=O)N3CCN(C4CCCCC4)CC3)cc2)cc1OC1CCCO1. The molecule has 1 unspecified atom stereocenters. The van der Waals surface area contributed by atoms with Crippen LogP contribution in [-0.2, 0) is 21.3 Å². The van der Waals surface area contributed by atoms with Gasteiger partial charge >= 0.3 is 0 Å². The summed E-state index contributed by atoms with van der Waals surface area (Å²) in [6, 6.07) is 17.6. The largest absolute Gasteiger partial charge is 0.493 e. The van der Waals surface area contributed by atoms with Crippen molar-refractivity contribution < 1.29 is 22.6 Å². The van der Waals surface area contributed by atoms with Gasteiger partial charge in [0.15, 0.2) is 17.8 Å². The monoisotopic (exact) mass is 606 g/mol. The van der Waals surface area contributed by atoms with E-state index in [0.717, 1.165) is 42.9 Å². The van der Waals surface area contributed by atoms with Crippen LogP contribution in [0.1, 0.15) is 50.5 Å². The molecule has 1 saturated carbocycles. The summed E-state index contributed by atoms with van der Waals surface area (Å²) in [5.74, 6) is 1.24. The Hall–Kier alpha value is -3.18. The van der Waals surface area contributed by atoms with Crippen LogP contribution in [0.25, 0.3) is 0 Å². The van der Waals surface area contributed by atoms with Crippen LogP contribution >= 0.6 is 0 Å². The predicted molar refractivity (Wildman–Crippen MR) is 166 cm³/mol. The quantitative estimate of drug-likeness (QED) is 0.296. The third-order valence-electron chi connectivity index (χ3n) is 8.82. The third kappa shape index (κ3) is 6.98. The van der Waals surface area contributed by atoms with Crippen LogP contribution < -0.4 is 14.4 Å². The fourth-order valence-electron chi connectivity index (χ4n) is 6.42. The van der Waals surface area contributed by atoms with Crippen molar-refractivity contribution in [3.8, 4) is 11.5 Å². The lowest BCUT2D eigenvalue weighted by molar-refractivity contribution is -0.0402. The number of anilines is 2. The molecule has 3 aliphatic rings. The second-order valence-corrected chi connectivity index (χ2v) is 13.5. The second kappa shape index (κ2) is 13.6. The van der Waals surface area contributed by atoms with Gasteiger partial charge in [0, 0.05) is 75.0 Å². The number of nitrogens with zero attached hydrogens (tertiary/aromatic N) is 4. The maximum absolute atomic E-state index is 13.6. The molecule has 6 rings (SSSR count). The highest BCUT2D eigenvalue weighted by molar-refractivity contribution is 7.89. The van der Waals surface area contributed by atoms with Crippen LogP contribution in [0.3, 0.4) is 0 Å². The number of piperazine rings is 1. The van der Waals surface area contributed by atoms with Crippen molar-refractivity contribution in [3.05, 3.63) is 72.6 Å². The van der Waals surface area contributed by atoms with Gasteiger partial charge in [0.2, 0.25) is 10.0 Å². The normalized spacial score (nSPS) is 20.6. The molecule has 230 valence electrons. The first-order valence-electron chi connectivity index (χ1n) is 15.5. The smallest absolute Gasteiger partial charge is 0.243 e. The fraction of sp³-hybridized carbons (Fsp3) is 0.485. The van der Waals surface area contributed by atoms with Crippen molar-refractivity contribution in [3.63, 3.8) is 0 Å². The lowest BCUT2D eigenvalue weighted by atomic mass is 9.94. The van der Waals surface area contributed by atoms with Gasteiger partial charge in [-0.15, -0.1) is 0 Å². The van der Waals surface area contributed by atoms with E-state index in [-0.39, 0.29) is 6.29 Å². The number of rotatable bonds is 10. The summed E-state index contributed by atoms with van der Waals surface area (Å²) < 4.78 is 46.4. The van der Waals surface area contributed by atoms with E-state index in [4.69, 9.17) is 14.2 Å². The molecule has 2 saturated heterocycles. The zero-order valence-electron chi connectivity index (χ0n) is 24.9. The summed E-state index contributed by atoms with van der Waals surface area (Å²) in [7, 11) is -1.96. The molecule has 1 aromatic heterocycles. The zero-order chi connectivity index (χ0) is 29.6. The van der Waals surface area contributed by atoms with Crippen LogP contribution in [0, 0.1) is 0 Å². The van der Waals surface area contributed by atoms with Crippen LogP contribution in [0.2, 0.25) is 0 Å². The van der Waals surface area contributed by atoms with Gasteiger partial charge in [-0.2, -0.15) is 4.31 Å². The molecule has 2 aliphatic heterocycles. The third-order valence-corrected chi connectivity index (χ3v) is 10.7. The topological polar surface area (TPSA) is 84.4 Å². The number of hydrogen-bond donors (Lipinski definition) is 0. The maximum Gasteiger partial charge on any atom is 0.243 e. The van der Waals surface area contributed by atoms with E-state index in [2.05, 4.69) is 14.8 Å². The summed E-state index contributed by atoms with van der Waals surface area (Å²) in [4.78, 5) is 9.24. The average molecular weight is 607 g/mol. The lowest BCUT2D eigenvalue weighted by Gasteiger charge is -2.40. The van der Waals surface area contributed by atoms with E-state index in [0.29, 0.717) is 48.7 Å². The average Bonchev–Trinajstić information content (AvgIpc) is 3.58. The number of aromatic nitrogens is 1. The van der Waals surface area contributed by atoms with E-state index in [9.17, 15) is 8.42 Å². The molecule has 0 spiro atoms. The first kappa shape index (κ1) is 29.9. The fourth-order valence-corrected chi connectivity index (χ4v) is 7.84. The van der Waals surface area contributed by atoms with E-state index in [1.807, 2.05) is 48.7 Å². The van der Waals surface area contributed by atoms with Crippen molar-refractivity contribution in [2.45, 2.75) is 68.7 Å². The number of sulfonamides is 1. The van der Waals surface area contributed by atoms with Crippen molar-refractivity contribution in [2.75, 3.05) is 44.8 Å². The summed E-state index contributed by atoms with van der Waals surface area (Å²) in [6.45, 7) is 3.89. The number of methoxy groups -OCH3 is 1. The Morgan fingerprint density at radius 1 is 0.907 bits per heavy atom. The molecular formula is C33H42N4O5S. The van der Waals surface area contributed by atoms with Crippen LogP contribution in [0.4, 0.5) is 11.4 Å². The van der Waals surface area contributed by atoms with Gasteiger partial charge in [-0.25, -0.2) is 8.42 Å². The first-order valence-corrected chi connectivity index (χ1v) is 16.9. The number of hydrogen-bond acceptors (Lipinski definition) is 8. The molecule has 0 amide bonds. The Morgan fingerprint density at radius 2 is 1.67 bits per heavy atom. The predicted octanol–water partition coefficient (Wildman–Crippen LogP) is 5.58. The summed E-state index contributed by atoms with van der Waals surface area (Å²) in [5.41, 5.74) is 2.76. The summed E-state index contributed by atoms with van der Waals surface area (Å²) in [5, 5.41) is 0. The van der Waals surface area contributed by atoms with Crippen molar-refractivity contribution in [1.82, 2.24) is 14.2 Å². The zero-order valence-corrected chi connectivity index (χ0v) is 25.8. The molecule has 0 N–H and O–H groups in total. The van der Waals surface area contributed by atoms with Gasteiger partial charge in [-0.3, -0.25) is 9.88 Å². The molecule has 3 fully saturated rings. The number of pyridine rings is 1. The Kier molecular flexibility index (Phi) is 9.47. The van der Waals surface area contributed by atoms with E-state index in [1.165, 1.54) is 32.1 Å². The minimum Gasteiger partial charge on any atom is -0.493 e. The highest BCUT2D eigenvalue weighted by atomic mass is 32.2. The first-order chi connectivity index (χ1) is 21.0. The molecule has 2 aromatic carbocycles. The van der Waals surface area contributed by atoms with Gasteiger partial charge in [-0.05, 0) is 67.3 Å². The Labute approximate surface area is 255 Å². The van der Waals surface area contributed by atoms with Crippen LogP contribution in [0.15, 0.2) is 71.9 Å². The van der Waals surface area contributed by atoms with Crippen molar-refractivity contribution >= 4 is 21.4 Å². The molecule has 9 nitrogen and oxygen atoms in total. The minimum atomic E-state index is -3.58. The molecule has 3 aromatic rings.